The predicted molar refractivity (Wildman–Crippen MR) is 89.2 cm³/mol. The van der Waals surface area contributed by atoms with Crippen molar-refractivity contribution in [3.05, 3.63) is 64.7 Å². The van der Waals surface area contributed by atoms with E-state index in [-0.39, 0.29) is 11.9 Å². The molecule has 1 aliphatic carbocycles. The zero-order chi connectivity index (χ0) is 14.9. The number of thiazole rings is 1. The van der Waals surface area contributed by atoms with Gasteiger partial charge >= 0.3 is 0 Å². The molecule has 1 amide bonds. The highest BCUT2D eigenvalue weighted by Gasteiger charge is 2.21. The highest BCUT2D eigenvalue weighted by Crippen LogP contribution is 2.30. The van der Waals surface area contributed by atoms with Crippen LogP contribution in [0.3, 0.4) is 0 Å². The summed E-state index contributed by atoms with van der Waals surface area (Å²) in [4.78, 5) is 16.8. The van der Waals surface area contributed by atoms with Crippen molar-refractivity contribution in [2.24, 2.45) is 0 Å². The van der Waals surface area contributed by atoms with E-state index in [4.69, 9.17) is 0 Å². The fourth-order valence-corrected chi connectivity index (χ4v) is 3.86. The van der Waals surface area contributed by atoms with Crippen LogP contribution in [0.5, 0.6) is 0 Å². The van der Waals surface area contributed by atoms with Crippen LogP contribution in [-0.2, 0) is 6.42 Å². The second-order valence-electron chi connectivity index (χ2n) is 5.65. The van der Waals surface area contributed by atoms with Crippen LogP contribution in [0.15, 0.2) is 48.0 Å². The van der Waals surface area contributed by atoms with E-state index in [1.807, 2.05) is 29.8 Å². The Morgan fingerprint density at radius 1 is 1.23 bits per heavy atom. The van der Waals surface area contributed by atoms with Gasteiger partial charge in [-0.1, -0.05) is 24.3 Å². The molecular formula is C18H16N2OS. The first-order valence-electron chi connectivity index (χ1n) is 7.53. The first-order valence-corrected chi connectivity index (χ1v) is 8.41. The van der Waals surface area contributed by atoms with E-state index in [2.05, 4.69) is 28.5 Å². The van der Waals surface area contributed by atoms with Crippen molar-refractivity contribution in [1.29, 1.82) is 0 Å². The Bertz CT molecular complexity index is 840. The number of aromatic nitrogens is 1. The number of carbonyl (C=O) groups excluding carboxylic acids is 1. The molecule has 0 fully saturated rings. The lowest BCUT2D eigenvalue weighted by atomic mass is 9.87. The number of fused-ring (bicyclic) bond motifs is 2. The average Bonchev–Trinajstić information content (AvgIpc) is 3.02. The molecule has 3 aromatic rings. The SMILES string of the molecule is O=C(N[C@@H]1CCCc2ccccc21)c1ccc2ncsc2c1. The summed E-state index contributed by atoms with van der Waals surface area (Å²) in [6, 6.07) is 14.2. The topological polar surface area (TPSA) is 42.0 Å². The molecule has 4 rings (SSSR count). The van der Waals surface area contributed by atoms with Gasteiger partial charge in [0.1, 0.15) is 0 Å². The van der Waals surface area contributed by atoms with Gasteiger partial charge in [-0.25, -0.2) is 4.98 Å². The molecule has 1 atom stereocenters. The standard InChI is InChI=1S/C18H16N2OS/c21-18(13-8-9-16-17(10-13)22-11-19-16)20-15-7-3-5-12-4-1-2-6-14(12)15/h1-2,4,6,8-11,15H,3,5,7H2,(H,20,21)/t15-/m1/s1. The molecule has 0 unspecified atom stereocenters. The zero-order valence-corrected chi connectivity index (χ0v) is 12.9. The van der Waals surface area contributed by atoms with E-state index in [0.717, 1.165) is 29.5 Å². The number of nitrogens with zero attached hydrogens (tertiary/aromatic N) is 1. The molecule has 0 spiro atoms. The Labute approximate surface area is 133 Å². The second kappa shape index (κ2) is 5.54. The minimum absolute atomic E-state index is 0.00277. The molecule has 1 aromatic heterocycles. The lowest BCUT2D eigenvalue weighted by Gasteiger charge is -2.26. The molecule has 1 N–H and O–H groups in total. The van der Waals surface area contributed by atoms with E-state index in [1.54, 1.807) is 11.3 Å². The van der Waals surface area contributed by atoms with Crippen LogP contribution in [0.4, 0.5) is 0 Å². The Morgan fingerprint density at radius 2 is 2.14 bits per heavy atom. The highest BCUT2D eigenvalue weighted by molar-refractivity contribution is 7.16. The summed E-state index contributed by atoms with van der Waals surface area (Å²) >= 11 is 1.56. The number of carbonyl (C=O) groups is 1. The normalized spacial score (nSPS) is 17.2. The molecule has 1 aliphatic rings. The van der Waals surface area contributed by atoms with Crippen LogP contribution in [0.2, 0.25) is 0 Å². The summed E-state index contributed by atoms with van der Waals surface area (Å²) in [7, 11) is 0. The van der Waals surface area contributed by atoms with Crippen molar-refractivity contribution in [3.8, 4) is 0 Å². The fraction of sp³-hybridized carbons (Fsp3) is 0.222. The quantitative estimate of drug-likeness (QED) is 0.774. The summed E-state index contributed by atoms with van der Waals surface area (Å²) in [6.45, 7) is 0. The lowest BCUT2D eigenvalue weighted by Crippen LogP contribution is -2.30. The number of benzene rings is 2. The van der Waals surface area contributed by atoms with Gasteiger partial charge in [0.05, 0.1) is 21.8 Å². The molecular weight excluding hydrogens is 292 g/mol. The number of hydrogen-bond donors (Lipinski definition) is 1. The molecule has 0 bridgehead atoms. The summed E-state index contributed by atoms with van der Waals surface area (Å²) in [5, 5.41) is 3.19. The summed E-state index contributed by atoms with van der Waals surface area (Å²) in [5.41, 5.74) is 6.09. The number of aryl methyl sites for hydroxylation is 1. The Kier molecular flexibility index (Phi) is 3.39. The Balaban J connectivity index is 1.59. The molecule has 110 valence electrons. The van der Waals surface area contributed by atoms with Crippen LogP contribution in [0.1, 0.15) is 40.4 Å². The number of rotatable bonds is 2. The minimum atomic E-state index is -0.00277. The van der Waals surface area contributed by atoms with Gasteiger partial charge in [-0.05, 0) is 48.6 Å². The van der Waals surface area contributed by atoms with E-state index < -0.39 is 0 Å². The van der Waals surface area contributed by atoms with Gasteiger partial charge in [0.2, 0.25) is 0 Å². The van der Waals surface area contributed by atoms with Gasteiger partial charge in [0, 0.05) is 5.56 Å². The van der Waals surface area contributed by atoms with Gasteiger partial charge in [0.15, 0.2) is 0 Å². The van der Waals surface area contributed by atoms with Gasteiger partial charge < -0.3 is 5.32 Å². The predicted octanol–water partition coefficient (Wildman–Crippen LogP) is 4.10. The summed E-state index contributed by atoms with van der Waals surface area (Å²) < 4.78 is 1.05. The van der Waals surface area contributed by atoms with Crippen molar-refractivity contribution >= 4 is 27.5 Å². The van der Waals surface area contributed by atoms with Gasteiger partial charge in [-0.2, -0.15) is 0 Å². The van der Waals surface area contributed by atoms with E-state index in [0.29, 0.717) is 5.56 Å². The van der Waals surface area contributed by atoms with Crippen molar-refractivity contribution < 1.29 is 4.79 Å². The molecule has 0 aliphatic heterocycles. The lowest BCUT2D eigenvalue weighted by molar-refractivity contribution is 0.0933. The van der Waals surface area contributed by atoms with Crippen LogP contribution in [0.25, 0.3) is 10.2 Å². The smallest absolute Gasteiger partial charge is 0.251 e. The van der Waals surface area contributed by atoms with Crippen molar-refractivity contribution in [3.63, 3.8) is 0 Å². The zero-order valence-electron chi connectivity index (χ0n) is 12.1. The highest BCUT2D eigenvalue weighted by atomic mass is 32.1. The fourth-order valence-electron chi connectivity index (χ4n) is 3.14. The van der Waals surface area contributed by atoms with Crippen LogP contribution in [-0.4, -0.2) is 10.9 Å². The Morgan fingerprint density at radius 3 is 3.09 bits per heavy atom. The minimum Gasteiger partial charge on any atom is -0.345 e. The molecule has 0 saturated carbocycles. The van der Waals surface area contributed by atoms with Gasteiger partial charge in [-0.15, -0.1) is 11.3 Å². The molecule has 22 heavy (non-hydrogen) atoms. The second-order valence-corrected chi connectivity index (χ2v) is 6.54. The average molecular weight is 308 g/mol. The van der Waals surface area contributed by atoms with E-state index in [1.165, 1.54) is 11.1 Å². The van der Waals surface area contributed by atoms with Crippen LogP contribution < -0.4 is 5.32 Å². The van der Waals surface area contributed by atoms with E-state index >= 15 is 0 Å². The molecule has 3 nitrogen and oxygen atoms in total. The van der Waals surface area contributed by atoms with E-state index in [9.17, 15) is 4.79 Å². The maximum absolute atomic E-state index is 12.6. The maximum Gasteiger partial charge on any atom is 0.251 e. The Hall–Kier alpha value is -2.20. The third kappa shape index (κ3) is 2.40. The summed E-state index contributed by atoms with van der Waals surface area (Å²) in [5.74, 6) is -0.00277. The molecule has 1 heterocycles. The van der Waals surface area contributed by atoms with Crippen LogP contribution >= 0.6 is 11.3 Å². The van der Waals surface area contributed by atoms with Gasteiger partial charge in [-0.3, -0.25) is 4.79 Å². The summed E-state index contributed by atoms with van der Waals surface area (Å²) in [6.07, 6.45) is 3.23. The largest absolute Gasteiger partial charge is 0.345 e. The molecule has 4 heteroatoms. The molecule has 2 aromatic carbocycles. The monoisotopic (exact) mass is 308 g/mol. The van der Waals surface area contributed by atoms with Crippen molar-refractivity contribution in [2.75, 3.05) is 0 Å². The van der Waals surface area contributed by atoms with Gasteiger partial charge in [0.25, 0.3) is 5.91 Å². The third-order valence-corrected chi connectivity index (χ3v) is 5.06. The first-order chi connectivity index (χ1) is 10.8. The van der Waals surface area contributed by atoms with Crippen LogP contribution in [0, 0.1) is 0 Å². The van der Waals surface area contributed by atoms with Crippen molar-refractivity contribution in [2.45, 2.75) is 25.3 Å². The first kappa shape index (κ1) is 13.5. The number of nitrogens with one attached hydrogen (secondary N) is 1. The number of amides is 1. The van der Waals surface area contributed by atoms with Crippen molar-refractivity contribution in [1.82, 2.24) is 10.3 Å². The molecule has 0 saturated heterocycles. The third-order valence-electron chi connectivity index (χ3n) is 4.27. The maximum atomic E-state index is 12.6. The number of hydrogen-bond acceptors (Lipinski definition) is 3. The molecule has 0 radical (unpaired) electrons.